The van der Waals surface area contributed by atoms with Crippen molar-refractivity contribution in [2.45, 2.75) is 44.9 Å². The molecule has 0 aromatic heterocycles. The predicted octanol–water partition coefficient (Wildman–Crippen LogP) is 2.78. The third-order valence-electron chi connectivity index (χ3n) is 3.34. The van der Waals surface area contributed by atoms with Crippen LogP contribution in [0.25, 0.3) is 0 Å². The molecule has 1 heterocycles. The maximum absolute atomic E-state index is 11.6. The van der Waals surface area contributed by atoms with E-state index in [9.17, 15) is 9.90 Å². The van der Waals surface area contributed by atoms with Gasteiger partial charge in [-0.05, 0) is 32.8 Å². The molecule has 1 amide bonds. The molecule has 4 heteroatoms. The SMILES string of the molecule is CC(C)(C)N(C(=O)O)C(Cc1ccccc1)C1CO1. The molecular formula is C15H21NO3. The van der Waals surface area contributed by atoms with E-state index in [0.29, 0.717) is 13.0 Å². The molecule has 1 N–H and O–H groups in total. The normalized spacial score (nSPS) is 19.8. The van der Waals surface area contributed by atoms with Crippen molar-refractivity contribution in [2.75, 3.05) is 6.61 Å². The van der Waals surface area contributed by atoms with E-state index in [-0.39, 0.29) is 12.1 Å². The van der Waals surface area contributed by atoms with Crippen LogP contribution in [0.1, 0.15) is 26.3 Å². The van der Waals surface area contributed by atoms with E-state index in [0.717, 1.165) is 5.56 Å². The van der Waals surface area contributed by atoms with E-state index in [1.807, 2.05) is 51.1 Å². The summed E-state index contributed by atoms with van der Waals surface area (Å²) in [5.41, 5.74) is 0.704. The van der Waals surface area contributed by atoms with E-state index in [1.54, 1.807) is 0 Å². The summed E-state index contributed by atoms with van der Waals surface area (Å²) in [4.78, 5) is 13.1. The minimum Gasteiger partial charge on any atom is -0.465 e. The maximum atomic E-state index is 11.6. The highest BCUT2D eigenvalue weighted by Crippen LogP contribution is 2.28. The van der Waals surface area contributed by atoms with Gasteiger partial charge in [-0.25, -0.2) is 4.79 Å². The lowest BCUT2D eigenvalue weighted by atomic mass is 9.96. The van der Waals surface area contributed by atoms with Gasteiger partial charge in [-0.1, -0.05) is 30.3 Å². The zero-order chi connectivity index (χ0) is 14.0. The van der Waals surface area contributed by atoms with Crippen molar-refractivity contribution in [3.05, 3.63) is 35.9 Å². The maximum Gasteiger partial charge on any atom is 0.408 e. The summed E-state index contributed by atoms with van der Waals surface area (Å²) in [5, 5.41) is 9.50. The van der Waals surface area contributed by atoms with Crippen LogP contribution in [0.3, 0.4) is 0 Å². The van der Waals surface area contributed by atoms with Gasteiger partial charge in [-0.2, -0.15) is 0 Å². The van der Waals surface area contributed by atoms with Crippen LogP contribution in [0.2, 0.25) is 0 Å². The Hall–Kier alpha value is -1.55. The Morgan fingerprint density at radius 2 is 2.00 bits per heavy atom. The van der Waals surface area contributed by atoms with Crippen LogP contribution in [0.15, 0.2) is 30.3 Å². The fourth-order valence-corrected chi connectivity index (χ4v) is 2.45. The standard InChI is InChI=1S/C15H21NO3/c1-15(2,3)16(14(17)18)12(13-10-19-13)9-11-7-5-4-6-8-11/h4-8,12-13H,9-10H2,1-3H3,(H,17,18). The Bertz CT molecular complexity index is 434. The first kappa shape index (κ1) is 13.9. The molecule has 1 saturated heterocycles. The Morgan fingerprint density at radius 3 is 2.42 bits per heavy atom. The zero-order valence-corrected chi connectivity index (χ0v) is 11.7. The van der Waals surface area contributed by atoms with Crippen LogP contribution in [0.5, 0.6) is 0 Å². The summed E-state index contributed by atoms with van der Waals surface area (Å²) < 4.78 is 5.36. The highest BCUT2D eigenvalue weighted by molar-refractivity contribution is 5.66. The lowest BCUT2D eigenvalue weighted by Gasteiger charge is -2.39. The van der Waals surface area contributed by atoms with Crippen molar-refractivity contribution in [3.8, 4) is 0 Å². The van der Waals surface area contributed by atoms with Crippen molar-refractivity contribution >= 4 is 6.09 Å². The molecule has 2 unspecified atom stereocenters. The van der Waals surface area contributed by atoms with Gasteiger partial charge in [-0.3, -0.25) is 4.90 Å². The third kappa shape index (κ3) is 3.47. The number of epoxide rings is 1. The number of nitrogens with zero attached hydrogens (tertiary/aromatic N) is 1. The Balaban J connectivity index is 2.21. The van der Waals surface area contributed by atoms with E-state index in [1.165, 1.54) is 4.90 Å². The molecule has 0 spiro atoms. The Labute approximate surface area is 114 Å². The zero-order valence-electron chi connectivity index (χ0n) is 11.7. The molecule has 19 heavy (non-hydrogen) atoms. The molecule has 2 atom stereocenters. The van der Waals surface area contributed by atoms with Gasteiger partial charge in [0, 0.05) is 5.54 Å². The van der Waals surface area contributed by atoms with Gasteiger partial charge in [-0.15, -0.1) is 0 Å². The molecule has 0 bridgehead atoms. The molecule has 0 saturated carbocycles. The second kappa shape index (κ2) is 5.21. The van der Waals surface area contributed by atoms with Crippen molar-refractivity contribution in [1.29, 1.82) is 0 Å². The van der Waals surface area contributed by atoms with E-state index in [4.69, 9.17) is 4.74 Å². The van der Waals surface area contributed by atoms with Crippen LogP contribution in [-0.4, -0.2) is 40.4 Å². The van der Waals surface area contributed by atoms with Crippen molar-refractivity contribution < 1.29 is 14.6 Å². The predicted molar refractivity (Wildman–Crippen MR) is 73.3 cm³/mol. The summed E-state index contributed by atoms with van der Waals surface area (Å²) >= 11 is 0. The average Bonchev–Trinajstić information content (AvgIpc) is 3.10. The molecule has 0 aliphatic carbocycles. The van der Waals surface area contributed by atoms with Gasteiger partial charge in [0.1, 0.15) is 6.10 Å². The van der Waals surface area contributed by atoms with Gasteiger partial charge in [0.05, 0.1) is 12.6 Å². The van der Waals surface area contributed by atoms with E-state index >= 15 is 0 Å². The van der Waals surface area contributed by atoms with Crippen LogP contribution in [-0.2, 0) is 11.2 Å². The number of benzene rings is 1. The fraction of sp³-hybridized carbons (Fsp3) is 0.533. The first-order chi connectivity index (χ1) is 8.89. The van der Waals surface area contributed by atoms with Crippen molar-refractivity contribution in [3.63, 3.8) is 0 Å². The molecule has 1 aromatic rings. The molecule has 2 rings (SSSR count). The number of carboxylic acid groups (broad SMARTS) is 1. The number of amides is 1. The van der Waals surface area contributed by atoms with Gasteiger partial charge in [0.15, 0.2) is 0 Å². The highest BCUT2D eigenvalue weighted by atomic mass is 16.6. The highest BCUT2D eigenvalue weighted by Gasteiger charge is 2.43. The van der Waals surface area contributed by atoms with Crippen LogP contribution in [0, 0.1) is 0 Å². The van der Waals surface area contributed by atoms with Crippen LogP contribution in [0.4, 0.5) is 4.79 Å². The first-order valence-corrected chi connectivity index (χ1v) is 6.57. The number of rotatable bonds is 4. The summed E-state index contributed by atoms with van der Waals surface area (Å²) in [5.74, 6) is 0. The van der Waals surface area contributed by atoms with Crippen LogP contribution < -0.4 is 0 Å². The molecular weight excluding hydrogens is 242 g/mol. The minimum atomic E-state index is -0.885. The molecule has 1 aliphatic heterocycles. The van der Waals surface area contributed by atoms with Crippen molar-refractivity contribution in [2.24, 2.45) is 0 Å². The third-order valence-corrected chi connectivity index (χ3v) is 3.34. The second-order valence-corrected chi connectivity index (χ2v) is 5.95. The van der Waals surface area contributed by atoms with Crippen molar-refractivity contribution in [1.82, 2.24) is 4.90 Å². The van der Waals surface area contributed by atoms with Gasteiger partial charge in [0.25, 0.3) is 0 Å². The molecule has 104 valence electrons. The number of hydrogen-bond donors (Lipinski definition) is 1. The summed E-state index contributed by atoms with van der Waals surface area (Å²) in [6.45, 7) is 6.40. The smallest absolute Gasteiger partial charge is 0.408 e. The number of hydrogen-bond acceptors (Lipinski definition) is 2. The Kier molecular flexibility index (Phi) is 3.80. The first-order valence-electron chi connectivity index (χ1n) is 6.57. The molecule has 0 radical (unpaired) electrons. The van der Waals surface area contributed by atoms with Gasteiger partial charge in [0.2, 0.25) is 0 Å². The number of carbonyl (C=O) groups is 1. The largest absolute Gasteiger partial charge is 0.465 e. The summed E-state index contributed by atoms with van der Waals surface area (Å²) in [6, 6.07) is 9.84. The lowest BCUT2D eigenvalue weighted by molar-refractivity contribution is 0.0594. The van der Waals surface area contributed by atoms with E-state index in [2.05, 4.69) is 0 Å². The average molecular weight is 263 g/mol. The molecule has 1 aliphatic rings. The number of ether oxygens (including phenoxy) is 1. The quantitative estimate of drug-likeness (QED) is 0.850. The van der Waals surface area contributed by atoms with Crippen LogP contribution >= 0.6 is 0 Å². The molecule has 1 fully saturated rings. The summed E-state index contributed by atoms with van der Waals surface area (Å²) in [7, 11) is 0. The van der Waals surface area contributed by atoms with E-state index < -0.39 is 11.6 Å². The molecule has 1 aromatic carbocycles. The topological polar surface area (TPSA) is 53.1 Å². The fourth-order valence-electron chi connectivity index (χ4n) is 2.45. The lowest BCUT2D eigenvalue weighted by Crippen LogP contribution is -2.54. The second-order valence-electron chi connectivity index (χ2n) is 5.95. The minimum absolute atomic E-state index is 0.0236. The van der Waals surface area contributed by atoms with Gasteiger partial charge >= 0.3 is 6.09 Å². The monoisotopic (exact) mass is 263 g/mol. The Morgan fingerprint density at radius 1 is 1.42 bits per heavy atom. The van der Waals surface area contributed by atoms with Gasteiger partial charge < -0.3 is 9.84 Å². The summed E-state index contributed by atoms with van der Waals surface area (Å²) in [6.07, 6.45) is -0.172. The molecule has 4 nitrogen and oxygen atoms in total.